The lowest BCUT2D eigenvalue weighted by atomic mass is 10.2. The van der Waals surface area contributed by atoms with E-state index in [1.807, 2.05) is 0 Å². The molecule has 0 spiro atoms. The fourth-order valence-corrected chi connectivity index (χ4v) is 2.35. The fourth-order valence-electron chi connectivity index (χ4n) is 1.51. The monoisotopic (exact) mass is 242 g/mol. The lowest BCUT2D eigenvalue weighted by Crippen LogP contribution is -2.13. The van der Waals surface area contributed by atoms with E-state index in [4.69, 9.17) is 14.4 Å². The number of methoxy groups -OCH3 is 1. The normalized spacial score (nSPS) is 11.9. The van der Waals surface area contributed by atoms with Crippen molar-refractivity contribution in [1.29, 1.82) is 0 Å². The van der Waals surface area contributed by atoms with Gasteiger partial charge in [0, 0.05) is 5.39 Å². The number of hydrogen-bond donors (Lipinski definition) is 1. The Kier molecular flexibility index (Phi) is 2.36. The molecule has 0 fully saturated rings. The summed E-state index contributed by atoms with van der Waals surface area (Å²) in [6.45, 7) is 1.71. The molecule has 0 unspecified atom stereocenters. The van der Waals surface area contributed by atoms with Crippen LogP contribution in [0.5, 0.6) is 5.75 Å². The van der Waals surface area contributed by atoms with Crippen molar-refractivity contribution in [3.8, 4) is 5.75 Å². The van der Waals surface area contributed by atoms with Crippen molar-refractivity contribution in [3.63, 3.8) is 0 Å². The smallest absolute Gasteiger partial charge is 0.245 e. The Morgan fingerprint density at radius 2 is 2.12 bits per heavy atom. The molecule has 1 aromatic heterocycles. The van der Waals surface area contributed by atoms with Gasteiger partial charge in [0.2, 0.25) is 10.0 Å². The van der Waals surface area contributed by atoms with Gasteiger partial charge in [-0.15, -0.1) is 0 Å². The van der Waals surface area contributed by atoms with E-state index in [2.05, 4.69) is 5.16 Å². The number of fused-ring (bicyclic) bond motifs is 1. The highest BCUT2D eigenvalue weighted by Gasteiger charge is 2.23. The Morgan fingerprint density at radius 3 is 2.69 bits per heavy atom. The summed E-state index contributed by atoms with van der Waals surface area (Å²) in [5.41, 5.74) is 0.724. The molecule has 1 heterocycles. The first-order valence-corrected chi connectivity index (χ1v) is 5.95. The number of hydrogen-bond acceptors (Lipinski definition) is 5. The maximum Gasteiger partial charge on any atom is 0.245 e. The van der Waals surface area contributed by atoms with Crippen LogP contribution >= 0.6 is 0 Å². The zero-order valence-corrected chi connectivity index (χ0v) is 9.54. The van der Waals surface area contributed by atoms with Crippen molar-refractivity contribution in [2.24, 2.45) is 5.14 Å². The number of benzene rings is 1. The van der Waals surface area contributed by atoms with Gasteiger partial charge < -0.3 is 9.26 Å². The molecule has 0 aliphatic heterocycles. The topological polar surface area (TPSA) is 95.4 Å². The minimum Gasteiger partial charge on any atom is -0.495 e. The van der Waals surface area contributed by atoms with Crippen LogP contribution < -0.4 is 9.88 Å². The van der Waals surface area contributed by atoms with Crippen LogP contribution in [0.4, 0.5) is 0 Å². The number of rotatable bonds is 2. The zero-order valence-electron chi connectivity index (χ0n) is 8.72. The van der Waals surface area contributed by atoms with Gasteiger partial charge in [0.05, 0.1) is 12.8 Å². The van der Waals surface area contributed by atoms with Crippen LogP contribution in [0.2, 0.25) is 0 Å². The summed E-state index contributed by atoms with van der Waals surface area (Å²) in [5, 5.41) is 9.41. The van der Waals surface area contributed by atoms with E-state index in [9.17, 15) is 8.42 Å². The molecule has 6 nitrogen and oxygen atoms in total. The third-order valence-electron chi connectivity index (χ3n) is 2.24. The molecule has 0 bridgehead atoms. The quantitative estimate of drug-likeness (QED) is 0.840. The second-order valence-electron chi connectivity index (χ2n) is 3.29. The molecule has 1 aromatic carbocycles. The summed E-state index contributed by atoms with van der Waals surface area (Å²) in [4.78, 5) is -0.173. The minimum atomic E-state index is -3.92. The van der Waals surface area contributed by atoms with Crippen LogP contribution in [0, 0.1) is 6.92 Å². The van der Waals surface area contributed by atoms with E-state index in [1.165, 1.54) is 13.2 Å². The lowest BCUT2D eigenvalue weighted by Gasteiger charge is -2.05. The maximum absolute atomic E-state index is 11.4. The van der Waals surface area contributed by atoms with E-state index in [0.29, 0.717) is 11.1 Å². The number of nitrogens with two attached hydrogens (primary N) is 1. The first kappa shape index (κ1) is 10.9. The van der Waals surface area contributed by atoms with Crippen molar-refractivity contribution >= 4 is 21.0 Å². The maximum atomic E-state index is 11.4. The van der Waals surface area contributed by atoms with Crippen LogP contribution in [0.15, 0.2) is 21.6 Å². The molecule has 2 aromatic rings. The van der Waals surface area contributed by atoms with E-state index in [0.717, 1.165) is 0 Å². The van der Waals surface area contributed by atoms with Crippen molar-refractivity contribution in [1.82, 2.24) is 5.16 Å². The van der Waals surface area contributed by atoms with Crippen molar-refractivity contribution in [3.05, 3.63) is 17.8 Å². The molecule has 0 amide bonds. The minimum absolute atomic E-state index is 0.124. The van der Waals surface area contributed by atoms with Crippen LogP contribution in [-0.4, -0.2) is 20.7 Å². The molecule has 16 heavy (non-hydrogen) atoms. The Bertz CT molecular complexity index is 645. The number of aryl methyl sites for hydroxylation is 1. The van der Waals surface area contributed by atoms with Gasteiger partial charge in [0.25, 0.3) is 0 Å². The number of aromatic nitrogens is 1. The molecule has 2 rings (SSSR count). The average molecular weight is 242 g/mol. The Morgan fingerprint density at radius 1 is 1.44 bits per heavy atom. The van der Waals surface area contributed by atoms with E-state index < -0.39 is 10.0 Å². The Labute approximate surface area is 92.0 Å². The highest BCUT2D eigenvalue weighted by molar-refractivity contribution is 7.89. The molecule has 86 valence electrons. The second-order valence-corrected chi connectivity index (χ2v) is 4.78. The SMILES string of the molecule is COc1ccc2c(C)noc2c1S(N)(=O)=O. The van der Waals surface area contributed by atoms with E-state index >= 15 is 0 Å². The molecule has 0 saturated heterocycles. The largest absolute Gasteiger partial charge is 0.495 e. The standard InChI is InChI=1S/C9H10N2O4S/c1-5-6-3-4-7(14-2)9(16(10,12)13)8(6)15-11-5/h3-4H,1-2H3,(H2,10,12,13). The highest BCUT2D eigenvalue weighted by atomic mass is 32.2. The first-order valence-electron chi connectivity index (χ1n) is 4.41. The van der Waals surface area contributed by atoms with E-state index in [-0.39, 0.29) is 16.2 Å². The Hall–Kier alpha value is -1.60. The highest BCUT2D eigenvalue weighted by Crippen LogP contribution is 2.32. The summed E-state index contributed by atoms with van der Waals surface area (Å²) in [5.74, 6) is 0.145. The molecular formula is C9H10N2O4S. The van der Waals surface area contributed by atoms with Gasteiger partial charge in [-0.2, -0.15) is 0 Å². The van der Waals surface area contributed by atoms with Gasteiger partial charge >= 0.3 is 0 Å². The summed E-state index contributed by atoms with van der Waals surface area (Å²) >= 11 is 0. The van der Waals surface area contributed by atoms with E-state index in [1.54, 1.807) is 13.0 Å². The van der Waals surface area contributed by atoms with Gasteiger partial charge in [0.15, 0.2) is 10.5 Å². The molecule has 0 atom stereocenters. The molecule has 7 heteroatoms. The third kappa shape index (κ3) is 1.54. The predicted molar refractivity (Wildman–Crippen MR) is 56.7 cm³/mol. The average Bonchev–Trinajstić information content (AvgIpc) is 2.57. The summed E-state index contributed by atoms with van der Waals surface area (Å²) in [7, 11) is -2.56. The second kappa shape index (κ2) is 3.46. The number of ether oxygens (including phenoxy) is 1. The van der Waals surface area contributed by atoms with Crippen molar-refractivity contribution in [2.45, 2.75) is 11.8 Å². The van der Waals surface area contributed by atoms with Gasteiger partial charge in [0.1, 0.15) is 5.75 Å². The molecule has 0 aliphatic rings. The molecule has 0 aliphatic carbocycles. The Balaban J connectivity index is 2.95. The van der Waals surface area contributed by atoms with Gasteiger partial charge in [-0.3, -0.25) is 0 Å². The van der Waals surface area contributed by atoms with Crippen LogP contribution in [0.25, 0.3) is 11.0 Å². The van der Waals surface area contributed by atoms with Crippen LogP contribution in [0.1, 0.15) is 5.69 Å². The van der Waals surface area contributed by atoms with Crippen LogP contribution in [0.3, 0.4) is 0 Å². The van der Waals surface area contributed by atoms with Gasteiger partial charge in [-0.25, -0.2) is 13.6 Å². The van der Waals surface area contributed by atoms with Crippen molar-refractivity contribution < 1.29 is 17.7 Å². The zero-order chi connectivity index (χ0) is 11.9. The molecule has 2 N–H and O–H groups in total. The first-order chi connectivity index (χ1) is 7.45. The summed E-state index contributed by atoms with van der Waals surface area (Å²) in [6, 6.07) is 3.20. The van der Waals surface area contributed by atoms with Crippen LogP contribution in [-0.2, 0) is 10.0 Å². The lowest BCUT2D eigenvalue weighted by molar-refractivity contribution is 0.396. The van der Waals surface area contributed by atoms with Gasteiger partial charge in [-0.1, -0.05) is 5.16 Å². The molecule has 0 saturated carbocycles. The molecule has 0 radical (unpaired) electrons. The molecular weight excluding hydrogens is 232 g/mol. The third-order valence-corrected chi connectivity index (χ3v) is 3.20. The summed E-state index contributed by atoms with van der Waals surface area (Å²) in [6.07, 6.45) is 0. The number of primary sulfonamides is 1. The van der Waals surface area contributed by atoms with Gasteiger partial charge in [-0.05, 0) is 19.1 Å². The fraction of sp³-hybridized carbons (Fsp3) is 0.222. The number of nitrogens with zero attached hydrogens (tertiary/aromatic N) is 1. The number of sulfonamides is 1. The predicted octanol–water partition coefficient (Wildman–Crippen LogP) is 0.792. The van der Waals surface area contributed by atoms with Crippen molar-refractivity contribution in [2.75, 3.05) is 7.11 Å². The summed E-state index contributed by atoms with van der Waals surface area (Å²) < 4.78 is 32.8.